The van der Waals surface area contributed by atoms with Crippen LogP contribution in [0.5, 0.6) is 0 Å². The van der Waals surface area contributed by atoms with Crippen molar-refractivity contribution < 1.29 is 9.53 Å². The highest BCUT2D eigenvalue weighted by atomic mass is 32.2. The van der Waals surface area contributed by atoms with Gasteiger partial charge in [-0.15, -0.1) is 0 Å². The molecule has 0 heterocycles. The maximum absolute atomic E-state index is 10.9. The maximum Gasteiger partial charge on any atom is 0.306 e. The standard InChI is InChI=1S/C13H18N2O2S2/c1-15(2)11-6-4-10(5-7-11)14-13(18)19-9-8-12(16)17-3/h4-7H,8-9H2,1-3H3,(H,14,18). The number of methoxy groups -OCH3 is 1. The van der Waals surface area contributed by atoms with E-state index in [9.17, 15) is 4.79 Å². The quantitative estimate of drug-likeness (QED) is 0.666. The highest BCUT2D eigenvalue weighted by Gasteiger charge is 2.03. The molecule has 0 radical (unpaired) electrons. The van der Waals surface area contributed by atoms with Gasteiger partial charge < -0.3 is 15.0 Å². The molecule has 4 nitrogen and oxygen atoms in total. The zero-order chi connectivity index (χ0) is 14.3. The van der Waals surface area contributed by atoms with Crippen LogP contribution in [0.1, 0.15) is 6.42 Å². The summed E-state index contributed by atoms with van der Waals surface area (Å²) in [5, 5.41) is 3.12. The summed E-state index contributed by atoms with van der Waals surface area (Å²) in [5.41, 5.74) is 2.08. The van der Waals surface area contributed by atoms with Gasteiger partial charge in [0.1, 0.15) is 4.32 Å². The van der Waals surface area contributed by atoms with Crippen LogP contribution in [0.3, 0.4) is 0 Å². The van der Waals surface area contributed by atoms with Crippen LogP contribution < -0.4 is 10.2 Å². The van der Waals surface area contributed by atoms with E-state index in [1.165, 1.54) is 18.9 Å². The van der Waals surface area contributed by atoms with Crippen LogP contribution in [0.15, 0.2) is 24.3 Å². The second-order valence-corrected chi connectivity index (χ2v) is 5.80. The fraction of sp³-hybridized carbons (Fsp3) is 0.385. The number of carbonyl (C=O) groups is 1. The minimum atomic E-state index is -0.217. The monoisotopic (exact) mass is 298 g/mol. The topological polar surface area (TPSA) is 41.6 Å². The van der Waals surface area contributed by atoms with E-state index in [4.69, 9.17) is 12.2 Å². The van der Waals surface area contributed by atoms with E-state index in [1.54, 1.807) is 0 Å². The molecule has 1 rings (SSSR count). The van der Waals surface area contributed by atoms with Gasteiger partial charge in [0.05, 0.1) is 13.5 Å². The van der Waals surface area contributed by atoms with Crippen LogP contribution in [-0.4, -0.2) is 37.2 Å². The molecule has 0 spiro atoms. The van der Waals surface area contributed by atoms with Gasteiger partial charge in [-0.05, 0) is 24.3 Å². The van der Waals surface area contributed by atoms with Crippen LogP contribution >= 0.6 is 24.0 Å². The first-order valence-corrected chi connectivity index (χ1v) is 7.20. The number of nitrogens with zero attached hydrogens (tertiary/aromatic N) is 1. The minimum Gasteiger partial charge on any atom is -0.469 e. The van der Waals surface area contributed by atoms with Crippen LogP contribution in [0.2, 0.25) is 0 Å². The van der Waals surface area contributed by atoms with Crippen molar-refractivity contribution in [1.29, 1.82) is 0 Å². The number of hydrogen-bond acceptors (Lipinski definition) is 5. The fourth-order valence-corrected chi connectivity index (χ4v) is 2.34. The minimum absolute atomic E-state index is 0.217. The summed E-state index contributed by atoms with van der Waals surface area (Å²) < 4.78 is 5.22. The Morgan fingerprint density at radius 1 is 1.37 bits per heavy atom. The van der Waals surface area contributed by atoms with Crippen molar-refractivity contribution >= 4 is 45.6 Å². The second-order valence-electron chi connectivity index (χ2n) is 4.03. The largest absolute Gasteiger partial charge is 0.469 e. The summed E-state index contributed by atoms with van der Waals surface area (Å²) in [6, 6.07) is 7.99. The summed E-state index contributed by atoms with van der Waals surface area (Å²) in [5.74, 6) is 0.402. The number of thiocarbonyl (C=S) groups is 1. The molecule has 0 amide bonds. The molecule has 0 atom stereocenters. The molecule has 0 saturated carbocycles. The van der Waals surface area contributed by atoms with Gasteiger partial charge in [-0.25, -0.2) is 0 Å². The summed E-state index contributed by atoms with van der Waals surface area (Å²) >= 11 is 6.63. The molecule has 0 aliphatic carbocycles. The van der Waals surface area contributed by atoms with E-state index in [1.807, 2.05) is 43.3 Å². The summed E-state index contributed by atoms with van der Waals surface area (Å²) in [6.45, 7) is 0. The first-order chi connectivity index (χ1) is 9.02. The molecule has 0 fully saturated rings. The smallest absolute Gasteiger partial charge is 0.306 e. The van der Waals surface area contributed by atoms with E-state index >= 15 is 0 Å². The van der Waals surface area contributed by atoms with Gasteiger partial charge >= 0.3 is 5.97 Å². The van der Waals surface area contributed by atoms with Gasteiger partial charge in [0.25, 0.3) is 0 Å². The molecule has 104 valence electrons. The molecule has 0 aliphatic rings. The third-order valence-corrected chi connectivity index (χ3v) is 3.63. The molecule has 0 aromatic heterocycles. The molecule has 0 aliphatic heterocycles. The van der Waals surface area contributed by atoms with E-state index < -0.39 is 0 Å². The molecule has 0 saturated heterocycles. The molecular formula is C13H18N2O2S2. The second kappa shape index (κ2) is 8.01. The molecule has 19 heavy (non-hydrogen) atoms. The molecule has 1 N–H and O–H groups in total. The number of nitrogens with one attached hydrogen (secondary N) is 1. The lowest BCUT2D eigenvalue weighted by atomic mass is 10.3. The molecule has 1 aromatic rings. The van der Waals surface area contributed by atoms with Crippen molar-refractivity contribution in [1.82, 2.24) is 0 Å². The van der Waals surface area contributed by atoms with Gasteiger partial charge in [0.15, 0.2) is 0 Å². The Balaban J connectivity index is 2.38. The van der Waals surface area contributed by atoms with Crippen LogP contribution in [-0.2, 0) is 9.53 Å². The number of thioether (sulfide) groups is 1. The van der Waals surface area contributed by atoms with Gasteiger partial charge in [0, 0.05) is 31.2 Å². The van der Waals surface area contributed by atoms with Crippen molar-refractivity contribution in [2.24, 2.45) is 0 Å². The van der Waals surface area contributed by atoms with E-state index in [0.717, 1.165) is 11.4 Å². The lowest BCUT2D eigenvalue weighted by molar-refractivity contribution is -0.140. The number of carbonyl (C=O) groups excluding carboxylic acids is 1. The Hall–Kier alpha value is -1.27. The number of esters is 1. The van der Waals surface area contributed by atoms with Gasteiger partial charge in [-0.1, -0.05) is 24.0 Å². The third kappa shape index (κ3) is 5.94. The van der Waals surface area contributed by atoms with Crippen molar-refractivity contribution in [2.45, 2.75) is 6.42 Å². The number of hydrogen-bond donors (Lipinski definition) is 1. The van der Waals surface area contributed by atoms with Gasteiger partial charge in [-0.2, -0.15) is 0 Å². The molecule has 0 bridgehead atoms. The maximum atomic E-state index is 10.9. The lowest BCUT2D eigenvalue weighted by Gasteiger charge is -2.13. The van der Waals surface area contributed by atoms with E-state index in [-0.39, 0.29) is 5.97 Å². The van der Waals surface area contributed by atoms with Crippen molar-refractivity contribution in [3.8, 4) is 0 Å². The summed E-state index contributed by atoms with van der Waals surface area (Å²) in [6.07, 6.45) is 0.364. The van der Waals surface area contributed by atoms with Crippen molar-refractivity contribution in [3.63, 3.8) is 0 Å². The highest BCUT2D eigenvalue weighted by molar-refractivity contribution is 8.23. The number of anilines is 2. The Kier molecular flexibility index (Phi) is 6.66. The SMILES string of the molecule is COC(=O)CCSC(=S)Nc1ccc(N(C)C)cc1. The first kappa shape index (κ1) is 15.8. The Bertz CT molecular complexity index is 433. The Labute approximate surface area is 123 Å². The molecule has 1 aromatic carbocycles. The van der Waals surface area contributed by atoms with Crippen LogP contribution in [0, 0.1) is 0 Å². The van der Waals surface area contributed by atoms with Crippen molar-refractivity contribution in [3.05, 3.63) is 24.3 Å². The van der Waals surface area contributed by atoms with Gasteiger partial charge in [0.2, 0.25) is 0 Å². The fourth-order valence-electron chi connectivity index (χ4n) is 1.33. The van der Waals surface area contributed by atoms with Gasteiger partial charge in [-0.3, -0.25) is 4.79 Å². The Morgan fingerprint density at radius 2 is 2.00 bits per heavy atom. The predicted molar refractivity (Wildman–Crippen MR) is 86.1 cm³/mol. The summed E-state index contributed by atoms with van der Waals surface area (Å²) in [4.78, 5) is 13.0. The Morgan fingerprint density at radius 3 is 2.53 bits per heavy atom. The molecular weight excluding hydrogens is 280 g/mol. The molecule has 0 unspecified atom stereocenters. The number of ether oxygens (including phenoxy) is 1. The first-order valence-electron chi connectivity index (χ1n) is 5.81. The van der Waals surface area contributed by atoms with Crippen LogP contribution in [0.25, 0.3) is 0 Å². The normalized spacial score (nSPS) is 9.84. The summed E-state index contributed by atoms with van der Waals surface area (Å²) in [7, 11) is 5.38. The lowest BCUT2D eigenvalue weighted by Crippen LogP contribution is -2.10. The predicted octanol–water partition coefficient (Wildman–Crippen LogP) is 2.75. The van der Waals surface area contributed by atoms with Crippen LogP contribution in [0.4, 0.5) is 11.4 Å². The van der Waals surface area contributed by atoms with Crippen molar-refractivity contribution in [2.75, 3.05) is 37.2 Å². The zero-order valence-corrected chi connectivity index (χ0v) is 12.9. The van der Waals surface area contributed by atoms with E-state index in [2.05, 4.69) is 10.1 Å². The number of benzene rings is 1. The zero-order valence-electron chi connectivity index (χ0n) is 11.3. The third-order valence-electron chi connectivity index (χ3n) is 2.40. The number of rotatable bonds is 5. The average molecular weight is 298 g/mol. The highest BCUT2D eigenvalue weighted by Crippen LogP contribution is 2.17. The van der Waals surface area contributed by atoms with E-state index in [0.29, 0.717) is 16.5 Å². The molecule has 6 heteroatoms. The average Bonchev–Trinajstić information content (AvgIpc) is 2.39.